The zero-order chi connectivity index (χ0) is 29.6. The van der Waals surface area contributed by atoms with E-state index in [1.54, 1.807) is 0 Å². The number of piperazine rings is 1. The van der Waals surface area contributed by atoms with Crippen LogP contribution < -0.4 is 15.1 Å². The summed E-state index contributed by atoms with van der Waals surface area (Å²) in [7, 11) is 0. The SMILES string of the molecule is O=C(NCc1cccc(N2CCCC2)c1)c1ccc(N2CCN(C(=O)Cc3ccc(CN4CCCC4)cc3Cl)CC2)cc1. The number of carbonyl (C=O) groups is 2. The molecule has 3 heterocycles. The number of benzene rings is 3. The number of nitrogens with one attached hydrogen (secondary N) is 1. The number of hydrogen-bond acceptors (Lipinski definition) is 5. The van der Waals surface area contributed by atoms with Gasteiger partial charge in [0.2, 0.25) is 5.91 Å². The molecule has 3 saturated heterocycles. The Balaban J connectivity index is 0.960. The van der Waals surface area contributed by atoms with Crippen molar-refractivity contribution in [2.45, 2.75) is 45.2 Å². The van der Waals surface area contributed by atoms with Gasteiger partial charge in [0.1, 0.15) is 0 Å². The first kappa shape index (κ1) is 29.5. The van der Waals surface area contributed by atoms with Crippen LogP contribution in [0.2, 0.25) is 5.02 Å². The van der Waals surface area contributed by atoms with Gasteiger partial charge >= 0.3 is 0 Å². The van der Waals surface area contributed by atoms with E-state index in [-0.39, 0.29) is 11.8 Å². The van der Waals surface area contributed by atoms with Crippen LogP contribution in [0.5, 0.6) is 0 Å². The normalized spacial score (nSPS) is 17.5. The van der Waals surface area contributed by atoms with Gasteiger partial charge in [0.25, 0.3) is 5.91 Å². The smallest absolute Gasteiger partial charge is 0.251 e. The van der Waals surface area contributed by atoms with Crippen LogP contribution in [0, 0.1) is 0 Å². The van der Waals surface area contributed by atoms with E-state index in [4.69, 9.17) is 11.6 Å². The van der Waals surface area contributed by atoms with Crippen molar-refractivity contribution in [3.8, 4) is 0 Å². The molecule has 1 N–H and O–H groups in total. The lowest BCUT2D eigenvalue weighted by molar-refractivity contribution is -0.130. The van der Waals surface area contributed by atoms with Gasteiger partial charge in [-0.15, -0.1) is 0 Å². The van der Waals surface area contributed by atoms with Gasteiger partial charge in [0, 0.05) is 74.3 Å². The van der Waals surface area contributed by atoms with E-state index in [1.165, 1.54) is 36.9 Å². The van der Waals surface area contributed by atoms with Crippen molar-refractivity contribution in [1.29, 1.82) is 0 Å². The Hall–Kier alpha value is -3.55. The lowest BCUT2D eigenvalue weighted by Crippen LogP contribution is -2.49. The minimum Gasteiger partial charge on any atom is -0.372 e. The van der Waals surface area contributed by atoms with Crippen LogP contribution >= 0.6 is 11.6 Å². The first-order valence-electron chi connectivity index (χ1n) is 15.8. The summed E-state index contributed by atoms with van der Waals surface area (Å²) in [5.41, 5.74) is 6.17. The highest BCUT2D eigenvalue weighted by Gasteiger charge is 2.23. The Morgan fingerprint density at radius 1 is 0.698 bits per heavy atom. The monoisotopic (exact) mass is 599 g/mol. The van der Waals surface area contributed by atoms with Crippen molar-refractivity contribution < 1.29 is 9.59 Å². The zero-order valence-electron chi connectivity index (χ0n) is 24.9. The average Bonchev–Trinajstić information content (AvgIpc) is 3.77. The van der Waals surface area contributed by atoms with Crippen molar-refractivity contribution in [3.05, 3.63) is 94.0 Å². The topological polar surface area (TPSA) is 59.1 Å². The second-order valence-electron chi connectivity index (χ2n) is 12.0. The summed E-state index contributed by atoms with van der Waals surface area (Å²) in [6.07, 6.45) is 5.35. The fraction of sp³-hybridized carbons (Fsp3) is 0.429. The summed E-state index contributed by atoms with van der Waals surface area (Å²) < 4.78 is 0. The number of rotatable bonds is 9. The summed E-state index contributed by atoms with van der Waals surface area (Å²) in [5.74, 6) is 0.0445. The Morgan fingerprint density at radius 3 is 2.12 bits per heavy atom. The Morgan fingerprint density at radius 2 is 1.40 bits per heavy atom. The molecule has 0 saturated carbocycles. The van der Waals surface area contributed by atoms with Crippen LogP contribution in [0.15, 0.2) is 66.7 Å². The average molecular weight is 600 g/mol. The van der Waals surface area contributed by atoms with Gasteiger partial charge in [-0.1, -0.05) is 35.9 Å². The maximum atomic E-state index is 13.1. The molecule has 0 bridgehead atoms. The van der Waals surface area contributed by atoms with Crippen LogP contribution in [0.3, 0.4) is 0 Å². The summed E-state index contributed by atoms with van der Waals surface area (Å²) in [5, 5.41) is 3.75. The fourth-order valence-electron chi connectivity index (χ4n) is 6.47. The van der Waals surface area contributed by atoms with Crippen molar-refractivity contribution in [2.24, 2.45) is 0 Å². The van der Waals surface area contributed by atoms with Crippen LogP contribution in [0.1, 0.15) is 52.7 Å². The molecule has 0 atom stereocenters. The van der Waals surface area contributed by atoms with Crippen molar-refractivity contribution in [2.75, 3.05) is 62.2 Å². The van der Waals surface area contributed by atoms with E-state index in [2.05, 4.69) is 50.3 Å². The second-order valence-corrected chi connectivity index (χ2v) is 12.5. The molecular weight excluding hydrogens is 558 g/mol. The first-order chi connectivity index (χ1) is 21.0. The van der Waals surface area contributed by atoms with Gasteiger partial charge in [0.15, 0.2) is 0 Å². The molecule has 0 radical (unpaired) electrons. The van der Waals surface area contributed by atoms with Crippen molar-refractivity contribution >= 4 is 34.8 Å². The van der Waals surface area contributed by atoms with Gasteiger partial charge in [-0.3, -0.25) is 14.5 Å². The molecule has 2 amide bonds. The predicted molar refractivity (Wildman–Crippen MR) is 174 cm³/mol. The largest absolute Gasteiger partial charge is 0.372 e. The molecule has 8 heteroatoms. The summed E-state index contributed by atoms with van der Waals surface area (Å²) >= 11 is 6.59. The molecule has 3 fully saturated rings. The number of carbonyl (C=O) groups excluding carboxylic acids is 2. The molecule has 0 spiro atoms. The number of halogens is 1. The van der Waals surface area contributed by atoms with E-state index in [9.17, 15) is 9.59 Å². The van der Waals surface area contributed by atoms with Gasteiger partial charge in [0.05, 0.1) is 6.42 Å². The molecule has 226 valence electrons. The lowest BCUT2D eigenvalue weighted by atomic mass is 10.1. The molecule has 3 aromatic carbocycles. The highest BCUT2D eigenvalue weighted by Crippen LogP contribution is 2.24. The molecule has 0 aliphatic carbocycles. The van der Waals surface area contributed by atoms with Crippen LogP contribution in [0.25, 0.3) is 0 Å². The van der Waals surface area contributed by atoms with E-state index in [0.29, 0.717) is 36.6 Å². The Kier molecular flexibility index (Phi) is 9.49. The lowest BCUT2D eigenvalue weighted by Gasteiger charge is -2.36. The maximum absolute atomic E-state index is 13.1. The first-order valence-corrected chi connectivity index (χ1v) is 16.1. The van der Waals surface area contributed by atoms with Crippen molar-refractivity contribution in [1.82, 2.24) is 15.1 Å². The highest BCUT2D eigenvalue weighted by molar-refractivity contribution is 6.31. The van der Waals surface area contributed by atoms with Crippen LogP contribution in [-0.2, 0) is 24.3 Å². The number of likely N-dealkylation sites (tertiary alicyclic amines) is 1. The molecule has 43 heavy (non-hydrogen) atoms. The highest BCUT2D eigenvalue weighted by atomic mass is 35.5. The molecule has 6 rings (SSSR count). The third-order valence-corrected chi connectivity index (χ3v) is 9.38. The minimum absolute atomic E-state index is 0.0729. The van der Waals surface area contributed by atoms with Gasteiger partial charge < -0.3 is 20.0 Å². The van der Waals surface area contributed by atoms with E-state index in [0.717, 1.165) is 62.6 Å². The second kappa shape index (κ2) is 13.8. The molecule has 0 aromatic heterocycles. The van der Waals surface area contributed by atoms with Crippen LogP contribution in [0.4, 0.5) is 11.4 Å². The predicted octanol–water partition coefficient (Wildman–Crippen LogP) is 5.36. The minimum atomic E-state index is -0.0729. The maximum Gasteiger partial charge on any atom is 0.251 e. The van der Waals surface area contributed by atoms with Gasteiger partial charge in [-0.2, -0.15) is 0 Å². The van der Waals surface area contributed by atoms with E-state index >= 15 is 0 Å². The molecule has 0 unspecified atom stereocenters. The van der Waals surface area contributed by atoms with E-state index < -0.39 is 0 Å². The molecular formula is C35H42ClN5O2. The molecule has 3 aliphatic heterocycles. The third-order valence-electron chi connectivity index (χ3n) is 9.03. The molecule has 3 aliphatic rings. The third kappa shape index (κ3) is 7.51. The zero-order valence-corrected chi connectivity index (χ0v) is 25.7. The molecule has 7 nitrogen and oxygen atoms in total. The van der Waals surface area contributed by atoms with Gasteiger partial charge in [-0.05, 0) is 97.9 Å². The van der Waals surface area contributed by atoms with Crippen LogP contribution in [-0.4, -0.2) is 74.0 Å². The number of hydrogen-bond donors (Lipinski definition) is 1. The standard InChI is InChI=1S/C35H42ClN5O2/c36-33-23-28(26-38-14-1-2-15-38)8-9-30(33)24-34(42)41-20-18-40(19-21-41)31-12-10-29(11-13-31)35(43)37-25-27-6-5-7-32(22-27)39-16-3-4-17-39/h5-13,22-23H,1-4,14-21,24-26H2,(H,37,43). The summed E-state index contributed by atoms with van der Waals surface area (Å²) in [4.78, 5) is 35.0. The Labute approximate surface area is 260 Å². The summed E-state index contributed by atoms with van der Waals surface area (Å²) in [6.45, 7) is 8.80. The number of amides is 2. The van der Waals surface area contributed by atoms with Gasteiger partial charge in [-0.25, -0.2) is 0 Å². The summed E-state index contributed by atoms with van der Waals surface area (Å²) in [6, 6.07) is 22.4. The van der Waals surface area contributed by atoms with Crippen molar-refractivity contribution in [3.63, 3.8) is 0 Å². The number of anilines is 2. The fourth-order valence-corrected chi connectivity index (χ4v) is 6.74. The number of nitrogens with zero attached hydrogens (tertiary/aromatic N) is 4. The quantitative estimate of drug-likeness (QED) is 0.359. The van der Waals surface area contributed by atoms with E-state index in [1.807, 2.05) is 41.3 Å². The Bertz CT molecular complexity index is 1410. The molecule has 3 aromatic rings.